The number of esters is 1. The topological polar surface area (TPSA) is 54.0 Å². The van der Waals surface area contributed by atoms with Gasteiger partial charge in [-0.1, -0.05) is 0 Å². The lowest BCUT2D eigenvalue weighted by Crippen LogP contribution is -2.50. The largest absolute Gasteiger partial charge is 0.466 e. The summed E-state index contributed by atoms with van der Waals surface area (Å²) in [4.78, 5) is 11.7. The molecule has 0 N–H and O–H groups in total. The molecule has 0 aromatic carbocycles. The third-order valence-corrected chi connectivity index (χ3v) is 2.76. The molecule has 0 amide bonds. The van der Waals surface area contributed by atoms with Gasteiger partial charge in [0, 0.05) is 6.42 Å². The fourth-order valence-electron chi connectivity index (χ4n) is 2.02. The van der Waals surface area contributed by atoms with Crippen molar-refractivity contribution in [2.24, 2.45) is 5.92 Å². The van der Waals surface area contributed by atoms with E-state index in [0.29, 0.717) is 39.5 Å². The first-order valence-electron chi connectivity index (χ1n) is 5.31. The first-order valence-corrected chi connectivity index (χ1v) is 5.31. The molecule has 0 saturated carbocycles. The Labute approximate surface area is 88.6 Å². The third kappa shape index (κ3) is 2.00. The van der Waals surface area contributed by atoms with E-state index in [0.717, 1.165) is 0 Å². The molecule has 5 heteroatoms. The van der Waals surface area contributed by atoms with Gasteiger partial charge in [0.05, 0.1) is 33.0 Å². The van der Waals surface area contributed by atoms with Gasteiger partial charge in [-0.05, 0) is 6.92 Å². The number of carbonyl (C=O) groups excluding carboxylic acids is 1. The third-order valence-electron chi connectivity index (χ3n) is 2.76. The normalized spacial score (nSPS) is 29.3. The molecule has 0 aromatic heterocycles. The average Bonchev–Trinajstić information content (AvgIpc) is 2.68. The van der Waals surface area contributed by atoms with Crippen LogP contribution in [0.1, 0.15) is 13.3 Å². The standard InChI is InChI=1S/C10H16O5/c1-2-13-9(11)8-7-12-4-3-10(8)14-5-6-15-10/h8H,2-7H2,1H3. The molecule has 2 aliphatic heterocycles. The van der Waals surface area contributed by atoms with Crippen LogP contribution in [0.3, 0.4) is 0 Å². The Morgan fingerprint density at radius 2 is 2.13 bits per heavy atom. The Morgan fingerprint density at radius 3 is 2.80 bits per heavy atom. The van der Waals surface area contributed by atoms with Crippen LogP contribution in [-0.4, -0.2) is 44.8 Å². The Morgan fingerprint density at radius 1 is 1.40 bits per heavy atom. The van der Waals surface area contributed by atoms with Gasteiger partial charge < -0.3 is 18.9 Å². The van der Waals surface area contributed by atoms with E-state index in [1.54, 1.807) is 6.92 Å². The summed E-state index contributed by atoms with van der Waals surface area (Å²) in [6.07, 6.45) is 0.594. The smallest absolute Gasteiger partial charge is 0.316 e. The van der Waals surface area contributed by atoms with E-state index in [-0.39, 0.29) is 5.97 Å². The minimum Gasteiger partial charge on any atom is -0.466 e. The van der Waals surface area contributed by atoms with Crippen LogP contribution in [0.5, 0.6) is 0 Å². The van der Waals surface area contributed by atoms with Gasteiger partial charge in [-0.2, -0.15) is 0 Å². The number of hydrogen-bond donors (Lipinski definition) is 0. The molecule has 2 rings (SSSR count). The SMILES string of the molecule is CCOC(=O)C1COCCC12OCCO2. The van der Waals surface area contributed by atoms with Gasteiger partial charge in [-0.15, -0.1) is 0 Å². The van der Waals surface area contributed by atoms with E-state index < -0.39 is 11.7 Å². The summed E-state index contributed by atoms with van der Waals surface area (Å²) in [5, 5.41) is 0. The maximum Gasteiger partial charge on any atom is 0.316 e. The Hall–Kier alpha value is -0.650. The van der Waals surface area contributed by atoms with E-state index in [4.69, 9.17) is 18.9 Å². The van der Waals surface area contributed by atoms with Crippen molar-refractivity contribution < 1.29 is 23.7 Å². The Kier molecular flexibility index (Phi) is 3.23. The molecule has 0 radical (unpaired) electrons. The molecule has 0 aliphatic carbocycles. The van der Waals surface area contributed by atoms with Crippen LogP contribution in [0.15, 0.2) is 0 Å². The van der Waals surface area contributed by atoms with E-state index in [9.17, 15) is 4.79 Å². The zero-order valence-corrected chi connectivity index (χ0v) is 8.86. The molecular formula is C10H16O5. The minimum absolute atomic E-state index is 0.292. The van der Waals surface area contributed by atoms with Gasteiger partial charge in [0.15, 0.2) is 5.79 Å². The van der Waals surface area contributed by atoms with Crippen molar-refractivity contribution in [3.8, 4) is 0 Å². The summed E-state index contributed by atoms with van der Waals surface area (Å²) in [5.41, 5.74) is 0. The lowest BCUT2D eigenvalue weighted by atomic mass is 9.94. The molecule has 1 unspecified atom stereocenters. The van der Waals surface area contributed by atoms with Crippen molar-refractivity contribution in [1.82, 2.24) is 0 Å². The maximum atomic E-state index is 11.7. The summed E-state index contributed by atoms with van der Waals surface area (Å²) in [7, 11) is 0. The zero-order valence-electron chi connectivity index (χ0n) is 8.86. The molecule has 5 nitrogen and oxygen atoms in total. The first-order chi connectivity index (χ1) is 7.28. The van der Waals surface area contributed by atoms with E-state index in [1.807, 2.05) is 0 Å². The lowest BCUT2D eigenvalue weighted by molar-refractivity contribution is -0.243. The molecule has 86 valence electrons. The van der Waals surface area contributed by atoms with Crippen molar-refractivity contribution in [2.75, 3.05) is 33.0 Å². The van der Waals surface area contributed by atoms with Gasteiger partial charge in [-0.3, -0.25) is 4.79 Å². The average molecular weight is 216 g/mol. The van der Waals surface area contributed by atoms with Gasteiger partial charge >= 0.3 is 5.97 Å². The second-order valence-electron chi connectivity index (χ2n) is 3.64. The van der Waals surface area contributed by atoms with E-state index in [1.165, 1.54) is 0 Å². The lowest BCUT2D eigenvalue weighted by Gasteiger charge is -2.37. The highest BCUT2D eigenvalue weighted by Crippen LogP contribution is 2.35. The van der Waals surface area contributed by atoms with Gasteiger partial charge in [-0.25, -0.2) is 0 Å². The van der Waals surface area contributed by atoms with E-state index >= 15 is 0 Å². The van der Waals surface area contributed by atoms with Gasteiger partial charge in [0.25, 0.3) is 0 Å². The highest BCUT2D eigenvalue weighted by molar-refractivity contribution is 5.74. The Balaban J connectivity index is 2.08. The molecule has 2 aliphatic rings. The summed E-state index contributed by atoms with van der Waals surface area (Å²) in [5.74, 6) is -1.53. The molecule has 15 heavy (non-hydrogen) atoms. The number of hydrogen-bond acceptors (Lipinski definition) is 5. The van der Waals surface area contributed by atoms with Crippen LogP contribution in [0.2, 0.25) is 0 Å². The number of rotatable bonds is 2. The summed E-state index contributed by atoms with van der Waals surface area (Å²) in [6, 6.07) is 0. The molecule has 0 bridgehead atoms. The van der Waals surface area contributed by atoms with E-state index in [2.05, 4.69) is 0 Å². The number of ether oxygens (including phenoxy) is 4. The second kappa shape index (κ2) is 4.47. The molecule has 2 heterocycles. The summed E-state index contributed by atoms with van der Waals surface area (Å²) < 4.78 is 21.4. The highest BCUT2D eigenvalue weighted by atomic mass is 16.7. The molecule has 2 saturated heterocycles. The predicted octanol–water partition coefficient (Wildman–Crippen LogP) is 0.329. The number of carbonyl (C=O) groups is 1. The second-order valence-corrected chi connectivity index (χ2v) is 3.64. The summed E-state index contributed by atoms with van der Waals surface area (Å²) in [6.45, 7) is 4.11. The van der Waals surface area contributed by atoms with Crippen molar-refractivity contribution in [1.29, 1.82) is 0 Å². The Bertz CT molecular complexity index is 234. The monoisotopic (exact) mass is 216 g/mol. The first kappa shape index (κ1) is 10.9. The van der Waals surface area contributed by atoms with Gasteiger partial charge in [0.1, 0.15) is 5.92 Å². The van der Waals surface area contributed by atoms with Crippen molar-refractivity contribution >= 4 is 5.97 Å². The molecule has 1 spiro atoms. The van der Waals surface area contributed by atoms with Crippen molar-refractivity contribution in [3.05, 3.63) is 0 Å². The zero-order chi connectivity index (χ0) is 10.7. The molecule has 2 fully saturated rings. The summed E-state index contributed by atoms with van der Waals surface area (Å²) >= 11 is 0. The van der Waals surface area contributed by atoms with Crippen LogP contribution in [-0.2, 0) is 23.7 Å². The highest BCUT2D eigenvalue weighted by Gasteiger charge is 2.51. The van der Waals surface area contributed by atoms with Crippen molar-refractivity contribution in [2.45, 2.75) is 19.1 Å². The predicted molar refractivity (Wildman–Crippen MR) is 50.2 cm³/mol. The fraction of sp³-hybridized carbons (Fsp3) is 0.900. The van der Waals surface area contributed by atoms with Crippen LogP contribution in [0.25, 0.3) is 0 Å². The van der Waals surface area contributed by atoms with Crippen molar-refractivity contribution in [3.63, 3.8) is 0 Å². The minimum atomic E-state index is -0.787. The van der Waals surface area contributed by atoms with Crippen LogP contribution in [0.4, 0.5) is 0 Å². The molecular weight excluding hydrogens is 200 g/mol. The quantitative estimate of drug-likeness (QED) is 0.622. The molecule has 0 aromatic rings. The fourth-order valence-corrected chi connectivity index (χ4v) is 2.02. The van der Waals surface area contributed by atoms with Gasteiger partial charge in [0.2, 0.25) is 0 Å². The molecule has 1 atom stereocenters. The van der Waals surface area contributed by atoms with Crippen LogP contribution < -0.4 is 0 Å². The van der Waals surface area contributed by atoms with Crippen LogP contribution in [0, 0.1) is 5.92 Å². The maximum absolute atomic E-state index is 11.7. The van der Waals surface area contributed by atoms with Crippen LogP contribution >= 0.6 is 0 Å².